The number of aryl methyl sites for hydroxylation is 1. The van der Waals surface area contributed by atoms with Gasteiger partial charge >= 0.3 is 0 Å². The molecule has 0 saturated carbocycles. The normalized spacial score (nSPS) is 15.9. The average molecular weight is 387 g/mol. The van der Waals surface area contributed by atoms with Crippen molar-refractivity contribution in [2.24, 2.45) is 0 Å². The van der Waals surface area contributed by atoms with E-state index in [1.807, 2.05) is 32.0 Å². The minimum Gasteiger partial charge on any atom is -0.358 e. The largest absolute Gasteiger partial charge is 0.358 e. The Morgan fingerprint density at radius 2 is 2.10 bits per heavy atom. The van der Waals surface area contributed by atoms with Crippen LogP contribution >= 0.6 is 39.9 Å². The second-order valence-corrected chi connectivity index (χ2v) is 8.02. The highest BCUT2D eigenvalue weighted by atomic mass is 79.9. The number of likely N-dealkylation sites (tertiary alicyclic amines) is 1. The molecule has 114 valence electrons. The SMILES string of the molecule is Cc1ccc(NC(=O)[C@@H](C)SC(=S)N2CCCC2)c(Br)c1. The average Bonchev–Trinajstić information content (AvgIpc) is 2.95. The molecule has 1 atom stereocenters. The molecule has 0 unspecified atom stereocenters. The molecular weight excluding hydrogens is 368 g/mol. The van der Waals surface area contributed by atoms with Crippen LogP contribution in [0, 0.1) is 6.92 Å². The number of amides is 1. The minimum absolute atomic E-state index is 0.0221. The Kier molecular flexibility index (Phi) is 6.08. The summed E-state index contributed by atoms with van der Waals surface area (Å²) in [6.07, 6.45) is 2.38. The number of hydrogen-bond acceptors (Lipinski definition) is 3. The molecule has 0 radical (unpaired) electrons. The molecule has 0 aromatic heterocycles. The van der Waals surface area contributed by atoms with Crippen LogP contribution in [0.4, 0.5) is 5.69 Å². The first kappa shape index (κ1) is 16.8. The quantitative estimate of drug-likeness (QED) is 0.788. The van der Waals surface area contributed by atoms with Crippen molar-refractivity contribution in [1.82, 2.24) is 4.90 Å². The van der Waals surface area contributed by atoms with Crippen molar-refractivity contribution in [1.29, 1.82) is 0 Å². The van der Waals surface area contributed by atoms with Crippen molar-refractivity contribution in [2.75, 3.05) is 18.4 Å². The molecule has 0 bridgehead atoms. The molecular formula is C15H19BrN2OS2. The Bertz CT molecular complexity index is 544. The van der Waals surface area contributed by atoms with E-state index in [1.165, 1.54) is 24.6 Å². The number of benzene rings is 1. The third kappa shape index (κ3) is 4.69. The molecule has 1 heterocycles. The number of halogens is 1. The monoisotopic (exact) mass is 386 g/mol. The van der Waals surface area contributed by atoms with Crippen LogP contribution in [-0.4, -0.2) is 33.5 Å². The third-order valence-electron chi connectivity index (χ3n) is 3.39. The summed E-state index contributed by atoms with van der Waals surface area (Å²) in [5, 5.41) is 2.75. The zero-order valence-corrected chi connectivity index (χ0v) is 15.4. The summed E-state index contributed by atoms with van der Waals surface area (Å²) in [5.74, 6) is -0.0221. The topological polar surface area (TPSA) is 32.3 Å². The number of carbonyl (C=O) groups excluding carboxylic acids is 1. The first-order chi connectivity index (χ1) is 9.97. The Labute approximate surface area is 144 Å². The van der Waals surface area contributed by atoms with Gasteiger partial charge in [0.25, 0.3) is 0 Å². The highest BCUT2D eigenvalue weighted by Crippen LogP contribution is 2.25. The van der Waals surface area contributed by atoms with E-state index in [2.05, 4.69) is 26.1 Å². The van der Waals surface area contributed by atoms with Crippen LogP contribution in [0.1, 0.15) is 25.3 Å². The van der Waals surface area contributed by atoms with E-state index in [0.29, 0.717) is 0 Å². The number of thioether (sulfide) groups is 1. The smallest absolute Gasteiger partial charge is 0.237 e. The number of thiocarbonyl (C=S) groups is 1. The lowest BCUT2D eigenvalue weighted by atomic mass is 10.2. The first-order valence-corrected chi connectivity index (χ1v) is 9.08. The van der Waals surface area contributed by atoms with Crippen molar-refractivity contribution < 1.29 is 4.79 Å². The fraction of sp³-hybridized carbons (Fsp3) is 0.467. The number of nitrogens with zero attached hydrogens (tertiary/aromatic N) is 1. The number of anilines is 1. The predicted molar refractivity (Wildman–Crippen MR) is 98.0 cm³/mol. The Hall–Kier alpha value is -0.590. The molecule has 3 nitrogen and oxygen atoms in total. The van der Waals surface area contributed by atoms with Gasteiger partial charge in [0.2, 0.25) is 5.91 Å². The molecule has 1 aliphatic rings. The van der Waals surface area contributed by atoms with Crippen molar-refractivity contribution in [3.8, 4) is 0 Å². The van der Waals surface area contributed by atoms with E-state index in [1.54, 1.807) is 0 Å². The fourth-order valence-corrected chi connectivity index (χ4v) is 4.14. The summed E-state index contributed by atoms with van der Waals surface area (Å²) in [6.45, 7) is 5.95. The lowest BCUT2D eigenvalue weighted by molar-refractivity contribution is -0.115. The van der Waals surface area contributed by atoms with Gasteiger partial charge in [0, 0.05) is 17.6 Å². The van der Waals surface area contributed by atoms with Gasteiger partial charge in [0.15, 0.2) is 0 Å². The summed E-state index contributed by atoms with van der Waals surface area (Å²) in [5.41, 5.74) is 1.95. The van der Waals surface area contributed by atoms with Crippen molar-refractivity contribution in [3.63, 3.8) is 0 Å². The van der Waals surface area contributed by atoms with E-state index in [-0.39, 0.29) is 11.2 Å². The van der Waals surface area contributed by atoms with Gasteiger partial charge in [-0.15, -0.1) is 0 Å². The molecule has 1 fully saturated rings. The highest BCUT2D eigenvalue weighted by Gasteiger charge is 2.21. The Balaban J connectivity index is 1.91. The maximum Gasteiger partial charge on any atom is 0.237 e. The molecule has 1 aromatic carbocycles. The van der Waals surface area contributed by atoms with Crippen LogP contribution < -0.4 is 5.32 Å². The number of rotatable bonds is 3. The van der Waals surface area contributed by atoms with Gasteiger partial charge in [0.1, 0.15) is 4.32 Å². The van der Waals surface area contributed by atoms with Gasteiger partial charge in [-0.1, -0.05) is 30.0 Å². The second kappa shape index (κ2) is 7.61. The standard InChI is InChI=1S/C15H19BrN2OS2/c1-10-5-6-13(12(16)9-10)17-14(19)11(2)21-15(20)18-7-3-4-8-18/h5-6,9,11H,3-4,7-8H2,1-2H3,(H,17,19)/t11-/m1/s1. The summed E-state index contributed by atoms with van der Waals surface area (Å²) >= 11 is 10.4. The van der Waals surface area contributed by atoms with Crippen molar-refractivity contribution in [3.05, 3.63) is 28.2 Å². The molecule has 0 aliphatic carbocycles. The molecule has 1 saturated heterocycles. The predicted octanol–water partition coefficient (Wildman–Crippen LogP) is 4.20. The first-order valence-electron chi connectivity index (χ1n) is 7.00. The molecule has 1 aromatic rings. The van der Waals surface area contributed by atoms with Crippen LogP contribution in [0.25, 0.3) is 0 Å². The molecule has 2 rings (SSSR count). The van der Waals surface area contributed by atoms with Gasteiger partial charge in [-0.05, 0) is 60.3 Å². The maximum atomic E-state index is 12.3. The highest BCUT2D eigenvalue weighted by molar-refractivity contribution is 9.10. The summed E-state index contributed by atoms with van der Waals surface area (Å²) in [7, 11) is 0. The summed E-state index contributed by atoms with van der Waals surface area (Å²) in [4.78, 5) is 14.5. The molecule has 21 heavy (non-hydrogen) atoms. The van der Waals surface area contributed by atoms with E-state index in [9.17, 15) is 4.79 Å². The van der Waals surface area contributed by atoms with Crippen LogP contribution in [0.5, 0.6) is 0 Å². The second-order valence-electron chi connectivity index (χ2n) is 5.19. The van der Waals surface area contributed by atoms with Gasteiger partial charge in [0.05, 0.1) is 10.9 Å². The number of hydrogen-bond donors (Lipinski definition) is 1. The van der Waals surface area contributed by atoms with Crippen molar-refractivity contribution in [2.45, 2.75) is 31.9 Å². The Morgan fingerprint density at radius 3 is 2.71 bits per heavy atom. The number of nitrogens with one attached hydrogen (secondary N) is 1. The lowest BCUT2D eigenvalue weighted by Crippen LogP contribution is -2.29. The molecule has 1 aliphatic heterocycles. The Morgan fingerprint density at radius 1 is 1.43 bits per heavy atom. The van der Waals surface area contributed by atoms with E-state index in [4.69, 9.17) is 12.2 Å². The van der Waals surface area contributed by atoms with Crippen LogP contribution in [0.3, 0.4) is 0 Å². The molecule has 0 spiro atoms. The molecule has 1 N–H and O–H groups in total. The third-order valence-corrected chi connectivity index (χ3v) is 5.62. The van der Waals surface area contributed by atoms with Gasteiger partial charge < -0.3 is 10.2 Å². The fourth-order valence-electron chi connectivity index (χ4n) is 2.13. The van der Waals surface area contributed by atoms with Gasteiger partial charge in [-0.3, -0.25) is 4.79 Å². The van der Waals surface area contributed by atoms with Crippen molar-refractivity contribution >= 4 is 55.8 Å². The van der Waals surface area contributed by atoms with Crippen LogP contribution in [0.2, 0.25) is 0 Å². The van der Waals surface area contributed by atoms with Gasteiger partial charge in [-0.25, -0.2) is 0 Å². The van der Waals surface area contributed by atoms with Crippen LogP contribution in [0.15, 0.2) is 22.7 Å². The summed E-state index contributed by atoms with van der Waals surface area (Å²) < 4.78 is 1.73. The molecule has 6 heteroatoms. The maximum absolute atomic E-state index is 12.3. The van der Waals surface area contributed by atoms with E-state index >= 15 is 0 Å². The zero-order valence-electron chi connectivity index (χ0n) is 12.2. The molecule has 1 amide bonds. The zero-order chi connectivity index (χ0) is 15.4. The minimum atomic E-state index is -0.202. The van der Waals surface area contributed by atoms with E-state index < -0.39 is 0 Å². The van der Waals surface area contributed by atoms with E-state index in [0.717, 1.165) is 33.1 Å². The number of carbonyl (C=O) groups is 1. The van der Waals surface area contributed by atoms with Gasteiger partial charge in [-0.2, -0.15) is 0 Å². The summed E-state index contributed by atoms with van der Waals surface area (Å²) in [6, 6.07) is 5.88. The van der Waals surface area contributed by atoms with Crippen LogP contribution in [-0.2, 0) is 4.79 Å². The lowest BCUT2D eigenvalue weighted by Gasteiger charge is -2.20.